The van der Waals surface area contributed by atoms with Crippen LogP contribution in [0.1, 0.15) is 32.3 Å². The van der Waals surface area contributed by atoms with Gasteiger partial charge in [0.1, 0.15) is 17.4 Å². The first-order valence-corrected chi connectivity index (χ1v) is 15.2. The number of amides is 3. The largest absolute Gasteiger partial charge is 0.494 e. The van der Waals surface area contributed by atoms with Crippen molar-refractivity contribution in [2.75, 3.05) is 37.7 Å². The summed E-state index contributed by atoms with van der Waals surface area (Å²) in [6.07, 6.45) is 8.62. The normalized spacial score (nSPS) is 29.8. The van der Waals surface area contributed by atoms with Gasteiger partial charge in [-0.25, -0.2) is 0 Å². The summed E-state index contributed by atoms with van der Waals surface area (Å²) in [5.74, 6) is -1.68. The molecule has 5 atom stereocenters. The number of fused-ring (bicyclic) bond motifs is 2. The molecule has 9 nitrogen and oxygen atoms in total. The van der Waals surface area contributed by atoms with Crippen LogP contribution < -0.4 is 9.64 Å². The Bertz CT molecular complexity index is 1430. The molecule has 2 saturated heterocycles. The molecular weight excluding hydrogens is 546 g/mol. The molecule has 0 bridgehead atoms. The summed E-state index contributed by atoms with van der Waals surface area (Å²) in [6, 6.07) is 16.2. The van der Waals surface area contributed by atoms with Gasteiger partial charge in [0.05, 0.1) is 24.0 Å². The number of aliphatic hydroxyl groups is 1. The predicted octanol–water partition coefficient (Wildman–Crippen LogP) is 3.33. The van der Waals surface area contributed by atoms with E-state index in [-0.39, 0.29) is 24.3 Å². The van der Waals surface area contributed by atoms with Crippen molar-refractivity contribution >= 4 is 23.4 Å². The second-order valence-corrected chi connectivity index (χ2v) is 11.8. The molecule has 1 unspecified atom stereocenters. The van der Waals surface area contributed by atoms with Crippen LogP contribution in [0.4, 0.5) is 5.69 Å². The maximum Gasteiger partial charge on any atom is 0.249 e. The number of carbonyl (C=O) groups is 3. The van der Waals surface area contributed by atoms with Gasteiger partial charge >= 0.3 is 0 Å². The Hall–Kier alpha value is -3.95. The number of carbonyl (C=O) groups excluding carboxylic acids is 3. The Kier molecular flexibility index (Phi) is 7.87. The Morgan fingerprint density at radius 3 is 2.37 bits per heavy atom. The standard InChI is InChI=1S/C34H39N3O6/c1-3-42-26-15-13-25(14-16-26)36-21-9-17-33(2)27(30(36)39)28-31(40)37(20-7-8-22-38)29-32(41)35(19-10-18-34(28,29)43-33)23-24-11-5-4-6-12-24/h4-6,9-18,27-29,38H,3,7-8,19-23H2,1-2H3/t27-,28-,29?,33+,34-/m0/s1. The SMILES string of the molecule is CCOc1ccc(N2CC=C[C@@]3(C)O[C@]45C=CCN(Cc6ccccc6)C(=O)C4N(CCCCO)C(=O)[C@@H]5[C@H]3C2=O)cc1. The summed E-state index contributed by atoms with van der Waals surface area (Å²) in [5.41, 5.74) is -0.709. The molecular formula is C34H39N3O6. The fourth-order valence-electron chi connectivity index (χ4n) is 7.27. The molecule has 4 aliphatic heterocycles. The topological polar surface area (TPSA) is 99.6 Å². The van der Waals surface area contributed by atoms with Crippen molar-refractivity contribution < 1.29 is 29.0 Å². The number of anilines is 1. The zero-order valence-electron chi connectivity index (χ0n) is 24.7. The van der Waals surface area contributed by atoms with E-state index in [2.05, 4.69) is 0 Å². The van der Waals surface area contributed by atoms with Crippen LogP contribution in [0.3, 0.4) is 0 Å². The van der Waals surface area contributed by atoms with Gasteiger partial charge in [-0.05, 0) is 56.5 Å². The fourth-order valence-corrected chi connectivity index (χ4v) is 7.27. The van der Waals surface area contributed by atoms with Crippen LogP contribution in [-0.4, -0.2) is 82.7 Å². The summed E-state index contributed by atoms with van der Waals surface area (Å²) < 4.78 is 12.5. The minimum atomic E-state index is -1.31. The third-order valence-corrected chi connectivity index (χ3v) is 9.12. The second kappa shape index (κ2) is 11.6. The van der Waals surface area contributed by atoms with Crippen LogP contribution in [0, 0.1) is 11.8 Å². The number of nitrogens with zero attached hydrogens (tertiary/aromatic N) is 3. The smallest absolute Gasteiger partial charge is 0.249 e. The number of aliphatic hydroxyl groups excluding tert-OH is 1. The van der Waals surface area contributed by atoms with E-state index in [1.807, 2.05) is 92.7 Å². The lowest BCUT2D eigenvalue weighted by molar-refractivity contribution is -0.151. The van der Waals surface area contributed by atoms with E-state index >= 15 is 0 Å². The number of ether oxygens (including phenoxy) is 2. The zero-order chi connectivity index (χ0) is 30.2. The van der Waals surface area contributed by atoms with Crippen LogP contribution in [0.15, 0.2) is 78.9 Å². The second-order valence-electron chi connectivity index (χ2n) is 11.8. The van der Waals surface area contributed by atoms with Crippen molar-refractivity contribution in [2.24, 2.45) is 11.8 Å². The van der Waals surface area contributed by atoms with E-state index in [9.17, 15) is 19.5 Å². The van der Waals surface area contributed by atoms with Gasteiger partial charge in [0.2, 0.25) is 17.7 Å². The molecule has 226 valence electrons. The Labute approximate surface area is 252 Å². The van der Waals surface area contributed by atoms with Crippen LogP contribution in [0.25, 0.3) is 0 Å². The fraction of sp³-hybridized carbons (Fsp3) is 0.441. The highest BCUT2D eigenvalue weighted by atomic mass is 16.5. The molecule has 4 heterocycles. The molecule has 4 aliphatic rings. The van der Waals surface area contributed by atoms with E-state index in [1.165, 1.54) is 0 Å². The van der Waals surface area contributed by atoms with Crippen LogP contribution in [0.5, 0.6) is 5.75 Å². The van der Waals surface area contributed by atoms with E-state index < -0.39 is 29.1 Å². The summed E-state index contributed by atoms with van der Waals surface area (Å²) in [4.78, 5) is 48.4. The molecule has 2 aromatic carbocycles. The summed E-state index contributed by atoms with van der Waals surface area (Å²) >= 11 is 0. The molecule has 1 spiro atoms. The van der Waals surface area contributed by atoms with Crippen molar-refractivity contribution in [1.29, 1.82) is 0 Å². The Morgan fingerprint density at radius 1 is 0.907 bits per heavy atom. The number of likely N-dealkylation sites (tertiary alicyclic amines) is 1. The number of hydrogen-bond donors (Lipinski definition) is 1. The summed E-state index contributed by atoms with van der Waals surface area (Å²) in [6.45, 7) is 5.69. The summed E-state index contributed by atoms with van der Waals surface area (Å²) in [7, 11) is 0. The molecule has 9 heteroatoms. The van der Waals surface area contributed by atoms with Crippen molar-refractivity contribution in [3.63, 3.8) is 0 Å². The Morgan fingerprint density at radius 2 is 1.65 bits per heavy atom. The first-order chi connectivity index (χ1) is 20.8. The molecule has 3 amide bonds. The zero-order valence-corrected chi connectivity index (χ0v) is 24.7. The molecule has 1 N–H and O–H groups in total. The van der Waals surface area contributed by atoms with E-state index in [0.29, 0.717) is 57.1 Å². The molecule has 43 heavy (non-hydrogen) atoms. The average molecular weight is 586 g/mol. The lowest BCUT2D eigenvalue weighted by Crippen LogP contribution is -2.55. The lowest BCUT2D eigenvalue weighted by Gasteiger charge is -2.37. The van der Waals surface area contributed by atoms with Crippen LogP contribution in [0.2, 0.25) is 0 Å². The summed E-state index contributed by atoms with van der Waals surface area (Å²) in [5, 5.41) is 9.46. The highest BCUT2D eigenvalue weighted by Crippen LogP contribution is 2.57. The van der Waals surface area contributed by atoms with Crippen molar-refractivity contribution in [1.82, 2.24) is 9.80 Å². The maximum atomic E-state index is 14.5. The predicted molar refractivity (Wildman–Crippen MR) is 161 cm³/mol. The first kappa shape index (κ1) is 29.1. The average Bonchev–Trinajstić information content (AvgIpc) is 3.27. The number of benzene rings is 2. The molecule has 0 radical (unpaired) electrons. The van der Waals surface area contributed by atoms with Crippen molar-refractivity contribution in [2.45, 2.75) is 50.5 Å². The first-order valence-electron chi connectivity index (χ1n) is 15.2. The maximum absolute atomic E-state index is 14.5. The molecule has 0 saturated carbocycles. The number of unbranched alkanes of at least 4 members (excludes halogenated alkanes) is 1. The van der Waals surface area contributed by atoms with Gasteiger partial charge < -0.3 is 29.3 Å². The number of hydrogen-bond acceptors (Lipinski definition) is 6. The van der Waals surface area contributed by atoms with Crippen molar-refractivity contribution in [3.8, 4) is 5.75 Å². The van der Waals surface area contributed by atoms with Gasteiger partial charge in [-0.15, -0.1) is 0 Å². The number of rotatable bonds is 9. The minimum absolute atomic E-state index is 0.00717. The van der Waals surface area contributed by atoms with E-state index in [4.69, 9.17) is 9.47 Å². The van der Waals surface area contributed by atoms with Gasteiger partial charge in [0, 0.05) is 38.5 Å². The van der Waals surface area contributed by atoms with Crippen LogP contribution in [-0.2, 0) is 25.7 Å². The Balaban J connectivity index is 1.39. The molecule has 0 aliphatic carbocycles. The quantitative estimate of drug-likeness (QED) is 0.358. The highest BCUT2D eigenvalue weighted by molar-refractivity contribution is 6.04. The third kappa shape index (κ3) is 4.94. The van der Waals surface area contributed by atoms with Gasteiger partial charge in [0.15, 0.2) is 0 Å². The third-order valence-electron chi connectivity index (χ3n) is 9.12. The highest BCUT2D eigenvalue weighted by Gasteiger charge is 2.74. The molecule has 2 aromatic rings. The molecule has 0 aromatic heterocycles. The molecule has 2 fully saturated rings. The van der Waals surface area contributed by atoms with Crippen molar-refractivity contribution in [3.05, 3.63) is 84.5 Å². The molecule has 6 rings (SSSR count). The van der Waals surface area contributed by atoms with E-state index in [1.54, 1.807) is 14.7 Å². The monoisotopic (exact) mass is 585 g/mol. The minimum Gasteiger partial charge on any atom is -0.494 e. The van der Waals surface area contributed by atoms with Gasteiger partial charge in [0.25, 0.3) is 0 Å². The lowest BCUT2D eigenvalue weighted by atomic mass is 9.74. The van der Waals surface area contributed by atoms with Gasteiger partial charge in [-0.2, -0.15) is 0 Å². The van der Waals surface area contributed by atoms with Gasteiger partial charge in [-0.1, -0.05) is 54.6 Å². The van der Waals surface area contributed by atoms with Crippen LogP contribution >= 0.6 is 0 Å². The van der Waals surface area contributed by atoms with E-state index in [0.717, 1.165) is 5.56 Å². The van der Waals surface area contributed by atoms with Gasteiger partial charge in [-0.3, -0.25) is 14.4 Å².